The Balaban J connectivity index is 3.11. The van der Waals surface area contributed by atoms with Crippen LogP contribution in [0.4, 0.5) is 5.69 Å². The monoisotopic (exact) mass is 264 g/mol. The maximum Gasteiger partial charge on any atom is 0.285 e. The summed E-state index contributed by atoms with van der Waals surface area (Å²) in [5, 5.41) is 11.1. The summed E-state index contributed by atoms with van der Waals surface area (Å²) in [4.78, 5) is 24.7. The fourth-order valence-electron chi connectivity index (χ4n) is 2.00. The largest absolute Gasteiger partial charge is 0.339 e. The van der Waals surface area contributed by atoms with Crippen LogP contribution in [0.5, 0.6) is 0 Å². The van der Waals surface area contributed by atoms with Crippen molar-refractivity contribution >= 4 is 11.6 Å². The second-order valence-corrected chi connectivity index (χ2v) is 4.47. The Hall–Kier alpha value is -1.91. The third-order valence-corrected chi connectivity index (χ3v) is 3.10. The van der Waals surface area contributed by atoms with Crippen molar-refractivity contribution in [2.45, 2.75) is 33.6 Å². The topological polar surface area (TPSA) is 63.5 Å². The van der Waals surface area contributed by atoms with Gasteiger partial charge in [-0.3, -0.25) is 14.9 Å². The van der Waals surface area contributed by atoms with Crippen LogP contribution in [0.3, 0.4) is 0 Å². The quantitative estimate of drug-likeness (QED) is 0.585. The van der Waals surface area contributed by atoms with Crippen molar-refractivity contribution in [3.05, 3.63) is 39.4 Å². The molecule has 0 bridgehead atoms. The molecule has 0 aromatic heterocycles. The predicted octanol–water partition coefficient (Wildman–Crippen LogP) is 3.17. The highest BCUT2D eigenvalue weighted by atomic mass is 16.6. The first-order valence-electron chi connectivity index (χ1n) is 6.56. The smallest absolute Gasteiger partial charge is 0.285 e. The molecule has 0 spiro atoms. The average Bonchev–Trinajstić information content (AvgIpc) is 2.38. The lowest BCUT2D eigenvalue weighted by Gasteiger charge is -2.20. The zero-order valence-electron chi connectivity index (χ0n) is 11.7. The van der Waals surface area contributed by atoms with Crippen molar-refractivity contribution in [2.24, 2.45) is 0 Å². The van der Waals surface area contributed by atoms with E-state index < -0.39 is 4.92 Å². The number of hydrogen-bond donors (Lipinski definition) is 0. The fourth-order valence-corrected chi connectivity index (χ4v) is 2.00. The Morgan fingerprint density at radius 3 is 2.58 bits per heavy atom. The molecule has 1 aromatic rings. The lowest BCUT2D eigenvalue weighted by atomic mass is 10.1. The first-order valence-corrected chi connectivity index (χ1v) is 6.56. The molecule has 0 radical (unpaired) electrons. The van der Waals surface area contributed by atoms with Crippen molar-refractivity contribution in [3.8, 4) is 0 Å². The Kier molecular flexibility index (Phi) is 5.48. The van der Waals surface area contributed by atoms with Crippen LogP contribution in [-0.4, -0.2) is 28.8 Å². The third kappa shape index (κ3) is 3.53. The van der Waals surface area contributed by atoms with Gasteiger partial charge in [0.1, 0.15) is 5.56 Å². The van der Waals surface area contributed by atoms with E-state index in [-0.39, 0.29) is 17.2 Å². The molecule has 19 heavy (non-hydrogen) atoms. The molecule has 1 amide bonds. The highest BCUT2D eigenvalue weighted by Crippen LogP contribution is 2.24. The van der Waals surface area contributed by atoms with Gasteiger partial charge in [-0.1, -0.05) is 25.5 Å². The summed E-state index contributed by atoms with van der Waals surface area (Å²) < 4.78 is 0. The molecule has 1 rings (SSSR count). The van der Waals surface area contributed by atoms with Gasteiger partial charge >= 0.3 is 0 Å². The van der Waals surface area contributed by atoms with Crippen LogP contribution in [0, 0.1) is 17.0 Å². The Bertz CT molecular complexity index is 472. The molecule has 0 aliphatic rings. The Morgan fingerprint density at radius 2 is 2.05 bits per heavy atom. The van der Waals surface area contributed by atoms with E-state index in [9.17, 15) is 14.9 Å². The Morgan fingerprint density at radius 1 is 1.37 bits per heavy atom. The van der Waals surface area contributed by atoms with Gasteiger partial charge in [-0.25, -0.2) is 0 Å². The SMILES string of the molecule is CCCCN(CC)C(=O)c1cccc(C)c1[N+](=O)[O-]. The number of carbonyl (C=O) groups is 1. The molecule has 0 aliphatic carbocycles. The molecular weight excluding hydrogens is 244 g/mol. The first-order chi connectivity index (χ1) is 9.02. The number of nitro groups is 1. The molecule has 104 valence electrons. The van der Waals surface area contributed by atoms with E-state index in [2.05, 4.69) is 0 Å². The number of nitro benzene ring substituents is 1. The molecule has 0 fully saturated rings. The van der Waals surface area contributed by atoms with Gasteiger partial charge in [-0.2, -0.15) is 0 Å². The van der Waals surface area contributed by atoms with E-state index in [1.54, 1.807) is 24.0 Å². The van der Waals surface area contributed by atoms with E-state index in [1.807, 2.05) is 13.8 Å². The lowest BCUT2D eigenvalue weighted by molar-refractivity contribution is -0.385. The van der Waals surface area contributed by atoms with Gasteiger partial charge < -0.3 is 4.90 Å². The number of amides is 1. The number of hydrogen-bond acceptors (Lipinski definition) is 3. The van der Waals surface area contributed by atoms with Gasteiger partial charge in [0, 0.05) is 18.7 Å². The average molecular weight is 264 g/mol. The van der Waals surface area contributed by atoms with Gasteiger partial charge in [0.05, 0.1) is 4.92 Å². The summed E-state index contributed by atoms with van der Waals surface area (Å²) >= 11 is 0. The van der Waals surface area contributed by atoms with Crippen molar-refractivity contribution in [2.75, 3.05) is 13.1 Å². The van der Waals surface area contributed by atoms with Crippen molar-refractivity contribution < 1.29 is 9.72 Å². The number of aryl methyl sites for hydroxylation is 1. The van der Waals surface area contributed by atoms with Gasteiger partial charge in [0.15, 0.2) is 0 Å². The standard InChI is InChI=1S/C14H20N2O3/c1-4-6-10-15(5-2)14(17)12-9-7-8-11(3)13(12)16(18)19/h7-9H,4-6,10H2,1-3H3. The second-order valence-electron chi connectivity index (χ2n) is 4.47. The summed E-state index contributed by atoms with van der Waals surface area (Å²) in [7, 11) is 0. The molecule has 0 heterocycles. The van der Waals surface area contributed by atoms with Crippen LogP contribution in [0.1, 0.15) is 42.6 Å². The van der Waals surface area contributed by atoms with Crippen LogP contribution in [0.15, 0.2) is 18.2 Å². The van der Waals surface area contributed by atoms with Gasteiger partial charge in [0.25, 0.3) is 11.6 Å². The highest BCUT2D eigenvalue weighted by molar-refractivity contribution is 5.98. The van der Waals surface area contributed by atoms with E-state index in [0.717, 1.165) is 12.8 Å². The van der Waals surface area contributed by atoms with Gasteiger partial charge in [0.2, 0.25) is 0 Å². The second kappa shape index (κ2) is 6.87. The van der Waals surface area contributed by atoms with Crippen molar-refractivity contribution in [1.29, 1.82) is 0 Å². The number of para-hydroxylation sites is 1. The molecule has 0 aliphatic heterocycles. The van der Waals surface area contributed by atoms with Crippen LogP contribution in [0.25, 0.3) is 0 Å². The number of carbonyl (C=O) groups excluding carboxylic acids is 1. The van der Waals surface area contributed by atoms with E-state index in [1.165, 1.54) is 6.07 Å². The molecule has 0 saturated heterocycles. The maximum atomic E-state index is 12.4. The third-order valence-electron chi connectivity index (χ3n) is 3.10. The zero-order chi connectivity index (χ0) is 14.4. The lowest BCUT2D eigenvalue weighted by Crippen LogP contribution is -2.32. The number of unbranched alkanes of at least 4 members (excludes halogenated alkanes) is 1. The van der Waals surface area contributed by atoms with Gasteiger partial charge in [-0.05, 0) is 26.3 Å². The zero-order valence-corrected chi connectivity index (χ0v) is 11.7. The summed E-state index contributed by atoms with van der Waals surface area (Å²) in [6, 6.07) is 4.86. The summed E-state index contributed by atoms with van der Waals surface area (Å²) in [6.45, 7) is 6.78. The molecule has 5 nitrogen and oxygen atoms in total. The summed E-state index contributed by atoms with van der Waals surface area (Å²) in [5.74, 6) is -0.258. The molecule has 0 unspecified atom stereocenters. The number of nitrogens with zero attached hydrogens (tertiary/aromatic N) is 2. The molecule has 0 N–H and O–H groups in total. The first kappa shape index (κ1) is 15.1. The highest BCUT2D eigenvalue weighted by Gasteiger charge is 2.25. The van der Waals surface area contributed by atoms with E-state index >= 15 is 0 Å². The minimum absolute atomic E-state index is 0.0811. The summed E-state index contributed by atoms with van der Waals surface area (Å²) in [6.07, 6.45) is 1.89. The molecule has 1 aromatic carbocycles. The van der Waals surface area contributed by atoms with Crippen LogP contribution < -0.4 is 0 Å². The minimum atomic E-state index is -0.476. The molecule has 0 saturated carbocycles. The Labute approximate surface area is 113 Å². The predicted molar refractivity (Wildman–Crippen MR) is 74.3 cm³/mol. The van der Waals surface area contributed by atoms with Crippen LogP contribution >= 0.6 is 0 Å². The van der Waals surface area contributed by atoms with Crippen molar-refractivity contribution in [3.63, 3.8) is 0 Å². The van der Waals surface area contributed by atoms with Crippen LogP contribution in [0.2, 0.25) is 0 Å². The number of rotatable bonds is 6. The van der Waals surface area contributed by atoms with Crippen molar-refractivity contribution in [1.82, 2.24) is 4.90 Å². The molecular formula is C14H20N2O3. The number of benzene rings is 1. The molecule has 5 heteroatoms. The van der Waals surface area contributed by atoms with E-state index in [0.29, 0.717) is 18.7 Å². The maximum absolute atomic E-state index is 12.4. The minimum Gasteiger partial charge on any atom is -0.339 e. The van der Waals surface area contributed by atoms with Gasteiger partial charge in [-0.15, -0.1) is 0 Å². The fraction of sp³-hybridized carbons (Fsp3) is 0.500. The summed E-state index contributed by atoms with van der Waals surface area (Å²) in [5.41, 5.74) is 0.618. The molecule has 0 atom stereocenters. The van der Waals surface area contributed by atoms with Crippen LogP contribution in [-0.2, 0) is 0 Å². The van der Waals surface area contributed by atoms with E-state index in [4.69, 9.17) is 0 Å². The normalized spacial score (nSPS) is 10.3.